The molecule has 0 aliphatic carbocycles. The van der Waals surface area contributed by atoms with E-state index in [-0.39, 0.29) is 17.1 Å². The highest BCUT2D eigenvalue weighted by molar-refractivity contribution is 6.04. The summed E-state index contributed by atoms with van der Waals surface area (Å²) in [5, 5.41) is 2.39. The first kappa shape index (κ1) is 15.7. The first-order valence-corrected chi connectivity index (χ1v) is 7.01. The quantitative estimate of drug-likeness (QED) is 0.773. The lowest BCUT2D eigenvalue weighted by Crippen LogP contribution is -2.12. The summed E-state index contributed by atoms with van der Waals surface area (Å²) >= 11 is 0. The molecule has 0 radical (unpaired) electrons. The fraction of sp³-hybridized carbons (Fsp3) is 0. The van der Waals surface area contributed by atoms with Crippen molar-refractivity contribution in [1.82, 2.24) is 4.98 Å². The van der Waals surface area contributed by atoms with Crippen LogP contribution >= 0.6 is 0 Å². The molecule has 1 heterocycles. The molecule has 0 bridgehead atoms. The molecule has 6 heteroatoms. The number of rotatable bonds is 3. The lowest BCUT2D eigenvalue weighted by Gasteiger charge is -2.06. The fourth-order valence-corrected chi connectivity index (χ4v) is 2.18. The maximum absolute atomic E-state index is 13.2. The number of hydrogen-bond acceptors (Lipinski definition) is 2. The van der Waals surface area contributed by atoms with Gasteiger partial charge in [-0.25, -0.2) is 13.2 Å². The molecule has 1 amide bonds. The van der Waals surface area contributed by atoms with Crippen molar-refractivity contribution in [2.45, 2.75) is 0 Å². The molecule has 1 aromatic heterocycles. The summed E-state index contributed by atoms with van der Waals surface area (Å²) in [5.41, 5.74) is 1.29. The monoisotopic (exact) mass is 328 g/mol. The average Bonchev–Trinajstić information content (AvgIpc) is 2.54. The van der Waals surface area contributed by atoms with Gasteiger partial charge in [0.25, 0.3) is 5.91 Å². The molecule has 120 valence electrons. The molecule has 0 spiro atoms. The lowest BCUT2D eigenvalue weighted by atomic mass is 10.1. The lowest BCUT2D eigenvalue weighted by molar-refractivity contribution is 0.102. The molecule has 0 saturated heterocycles. The van der Waals surface area contributed by atoms with Crippen molar-refractivity contribution < 1.29 is 18.0 Å². The van der Waals surface area contributed by atoms with Crippen molar-refractivity contribution in [2.75, 3.05) is 5.32 Å². The van der Waals surface area contributed by atoms with Crippen molar-refractivity contribution in [2.24, 2.45) is 0 Å². The highest BCUT2D eigenvalue weighted by atomic mass is 19.1. The van der Waals surface area contributed by atoms with Crippen LogP contribution in [-0.4, -0.2) is 10.9 Å². The molecule has 0 unspecified atom stereocenters. The summed E-state index contributed by atoms with van der Waals surface area (Å²) in [6, 6.07) is 11.7. The number of benzene rings is 2. The van der Waals surface area contributed by atoms with Gasteiger partial charge in [-0.05, 0) is 36.4 Å². The van der Waals surface area contributed by atoms with Gasteiger partial charge >= 0.3 is 0 Å². The maximum atomic E-state index is 13.2. The predicted octanol–water partition coefficient (Wildman–Crippen LogP) is 4.42. The van der Waals surface area contributed by atoms with Crippen molar-refractivity contribution >= 4 is 11.6 Å². The average molecular weight is 328 g/mol. The number of carbonyl (C=O) groups excluding carboxylic acids is 1. The molecule has 1 N–H and O–H groups in total. The molecule has 3 nitrogen and oxygen atoms in total. The van der Waals surface area contributed by atoms with E-state index in [0.717, 1.165) is 12.1 Å². The van der Waals surface area contributed by atoms with E-state index in [9.17, 15) is 18.0 Å². The van der Waals surface area contributed by atoms with Gasteiger partial charge in [0, 0.05) is 23.5 Å². The first-order chi connectivity index (χ1) is 11.5. The Morgan fingerprint density at radius 2 is 1.62 bits per heavy atom. The number of nitrogens with one attached hydrogen (secondary N) is 1. The molecule has 3 aromatic rings. The molecule has 0 saturated carbocycles. The summed E-state index contributed by atoms with van der Waals surface area (Å²) in [4.78, 5) is 16.2. The SMILES string of the molecule is O=C(Nc1cc(F)cc(F)c1)c1ccc(-c2cccc(F)c2)nc1. The summed E-state index contributed by atoms with van der Waals surface area (Å²) in [7, 11) is 0. The third kappa shape index (κ3) is 3.60. The van der Waals surface area contributed by atoms with Gasteiger partial charge in [-0.2, -0.15) is 0 Å². The zero-order valence-electron chi connectivity index (χ0n) is 12.3. The Labute approximate surface area is 135 Å². The normalized spacial score (nSPS) is 10.5. The third-order valence-electron chi connectivity index (χ3n) is 3.27. The molecule has 0 aliphatic rings. The Morgan fingerprint density at radius 1 is 0.875 bits per heavy atom. The first-order valence-electron chi connectivity index (χ1n) is 7.01. The molecule has 3 rings (SSSR count). The van der Waals surface area contributed by atoms with Crippen LogP contribution in [0.5, 0.6) is 0 Å². The van der Waals surface area contributed by atoms with Crippen LogP contribution < -0.4 is 5.32 Å². The number of amides is 1. The molecule has 0 atom stereocenters. The third-order valence-corrected chi connectivity index (χ3v) is 3.27. The van der Waals surface area contributed by atoms with E-state index in [1.165, 1.54) is 24.4 Å². The Balaban J connectivity index is 1.79. The van der Waals surface area contributed by atoms with Crippen LogP contribution in [0, 0.1) is 17.5 Å². The Morgan fingerprint density at radius 3 is 2.25 bits per heavy atom. The summed E-state index contributed by atoms with van der Waals surface area (Å²) < 4.78 is 39.5. The van der Waals surface area contributed by atoms with Gasteiger partial charge in [-0.1, -0.05) is 12.1 Å². The molecule has 0 aliphatic heterocycles. The standard InChI is InChI=1S/C18H11F3N2O/c19-13-3-1-2-11(6-13)17-5-4-12(10-22-17)18(24)23-16-8-14(20)7-15(21)9-16/h1-10H,(H,23,24). The van der Waals surface area contributed by atoms with Gasteiger partial charge in [0.2, 0.25) is 0 Å². The van der Waals surface area contributed by atoms with Gasteiger partial charge < -0.3 is 5.32 Å². The minimum Gasteiger partial charge on any atom is -0.322 e. The zero-order chi connectivity index (χ0) is 17.1. The van der Waals surface area contributed by atoms with Crippen molar-refractivity contribution in [3.8, 4) is 11.3 Å². The number of halogens is 3. The Kier molecular flexibility index (Phi) is 4.29. The Bertz CT molecular complexity index is 875. The largest absolute Gasteiger partial charge is 0.322 e. The van der Waals surface area contributed by atoms with E-state index in [4.69, 9.17) is 0 Å². The van der Waals surface area contributed by atoms with E-state index in [0.29, 0.717) is 17.3 Å². The van der Waals surface area contributed by atoms with Crippen LogP contribution in [0.1, 0.15) is 10.4 Å². The van der Waals surface area contributed by atoms with Gasteiger partial charge in [0.15, 0.2) is 0 Å². The number of pyridine rings is 1. The molecular weight excluding hydrogens is 317 g/mol. The minimum absolute atomic E-state index is 0.00621. The summed E-state index contributed by atoms with van der Waals surface area (Å²) in [6.45, 7) is 0. The topological polar surface area (TPSA) is 42.0 Å². The fourth-order valence-electron chi connectivity index (χ4n) is 2.18. The molecular formula is C18H11F3N2O. The summed E-state index contributed by atoms with van der Waals surface area (Å²) in [5.74, 6) is -2.52. The van der Waals surface area contributed by atoms with E-state index < -0.39 is 17.5 Å². The highest BCUT2D eigenvalue weighted by Gasteiger charge is 2.09. The van der Waals surface area contributed by atoms with Gasteiger partial charge in [-0.3, -0.25) is 9.78 Å². The van der Waals surface area contributed by atoms with Gasteiger partial charge in [0.1, 0.15) is 17.5 Å². The second kappa shape index (κ2) is 6.54. The highest BCUT2D eigenvalue weighted by Crippen LogP contribution is 2.19. The van der Waals surface area contributed by atoms with E-state index >= 15 is 0 Å². The van der Waals surface area contributed by atoms with E-state index in [1.54, 1.807) is 18.2 Å². The molecule has 24 heavy (non-hydrogen) atoms. The number of aromatic nitrogens is 1. The number of anilines is 1. The van der Waals surface area contributed by atoms with Crippen LogP contribution in [0.25, 0.3) is 11.3 Å². The maximum Gasteiger partial charge on any atom is 0.257 e. The second-order valence-corrected chi connectivity index (χ2v) is 5.05. The van der Waals surface area contributed by atoms with Crippen LogP contribution in [-0.2, 0) is 0 Å². The van der Waals surface area contributed by atoms with E-state index in [1.807, 2.05) is 0 Å². The Hall–Kier alpha value is -3.15. The van der Waals surface area contributed by atoms with Crippen LogP contribution in [0.15, 0.2) is 60.8 Å². The molecule has 0 fully saturated rings. The predicted molar refractivity (Wildman–Crippen MR) is 83.9 cm³/mol. The zero-order valence-corrected chi connectivity index (χ0v) is 12.3. The van der Waals surface area contributed by atoms with Crippen LogP contribution in [0.4, 0.5) is 18.9 Å². The number of carbonyl (C=O) groups is 1. The van der Waals surface area contributed by atoms with E-state index in [2.05, 4.69) is 10.3 Å². The van der Waals surface area contributed by atoms with Crippen molar-refractivity contribution in [1.29, 1.82) is 0 Å². The second-order valence-electron chi connectivity index (χ2n) is 5.05. The van der Waals surface area contributed by atoms with Gasteiger partial charge in [-0.15, -0.1) is 0 Å². The minimum atomic E-state index is -0.787. The number of nitrogens with zero attached hydrogens (tertiary/aromatic N) is 1. The van der Waals surface area contributed by atoms with Crippen LogP contribution in [0.2, 0.25) is 0 Å². The number of hydrogen-bond donors (Lipinski definition) is 1. The molecule has 2 aromatic carbocycles. The van der Waals surface area contributed by atoms with Crippen molar-refractivity contribution in [3.63, 3.8) is 0 Å². The van der Waals surface area contributed by atoms with Gasteiger partial charge in [0.05, 0.1) is 11.3 Å². The van der Waals surface area contributed by atoms with Crippen LogP contribution in [0.3, 0.4) is 0 Å². The van der Waals surface area contributed by atoms with Crippen molar-refractivity contribution in [3.05, 3.63) is 83.8 Å². The smallest absolute Gasteiger partial charge is 0.257 e. The summed E-state index contributed by atoms with van der Waals surface area (Å²) in [6.07, 6.45) is 1.31.